The average molecular weight is 398 g/mol. The van der Waals surface area contributed by atoms with E-state index in [1.54, 1.807) is 0 Å². The van der Waals surface area contributed by atoms with E-state index in [0.29, 0.717) is 50.4 Å². The number of amides is 1. The van der Waals surface area contributed by atoms with Gasteiger partial charge in [-0.25, -0.2) is 0 Å². The number of benzene rings is 1. The highest BCUT2D eigenvalue weighted by Crippen LogP contribution is 2.45. The molecular formula is C22H26N2O5. The van der Waals surface area contributed by atoms with Crippen LogP contribution in [0, 0.1) is 11.3 Å². The fraction of sp³-hybridized carbons (Fsp3) is 0.591. The van der Waals surface area contributed by atoms with Crippen LogP contribution < -0.4 is 14.8 Å². The van der Waals surface area contributed by atoms with Gasteiger partial charge >= 0.3 is 5.97 Å². The van der Waals surface area contributed by atoms with Crippen LogP contribution >= 0.6 is 0 Å². The number of fused-ring (bicyclic) bond motifs is 1. The minimum atomic E-state index is -0.815. The Morgan fingerprint density at radius 2 is 1.69 bits per heavy atom. The van der Waals surface area contributed by atoms with Crippen molar-refractivity contribution in [3.8, 4) is 17.6 Å². The number of carbonyl (C=O) groups is 2. The zero-order valence-electron chi connectivity index (χ0n) is 16.5. The largest absolute Gasteiger partial charge is 0.486 e. The molecule has 0 saturated heterocycles. The molecular weight excluding hydrogens is 372 g/mol. The van der Waals surface area contributed by atoms with Crippen molar-refractivity contribution in [3.05, 3.63) is 23.8 Å². The van der Waals surface area contributed by atoms with E-state index in [4.69, 9.17) is 14.2 Å². The predicted molar refractivity (Wildman–Crippen MR) is 103 cm³/mol. The topological polar surface area (TPSA) is 97.7 Å². The Morgan fingerprint density at radius 3 is 2.38 bits per heavy atom. The summed E-state index contributed by atoms with van der Waals surface area (Å²) in [7, 11) is 0. The van der Waals surface area contributed by atoms with Gasteiger partial charge in [0.15, 0.2) is 18.1 Å². The van der Waals surface area contributed by atoms with Gasteiger partial charge in [-0.05, 0) is 56.2 Å². The van der Waals surface area contributed by atoms with Crippen LogP contribution in [0.3, 0.4) is 0 Å². The molecule has 1 N–H and O–H groups in total. The molecule has 0 spiro atoms. The Labute approximate surface area is 170 Å². The average Bonchev–Trinajstić information content (AvgIpc) is 3.43. The molecule has 7 heteroatoms. The second kappa shape index (κ2) is 7.94. The van der Waals surface area contributed by atoms with Crippen LogP contribution in [0.5, 0.6) is 11.5 Å². The third-order valence-corrected chi connectivity index (χ3v) is 6.33. The smallest absolute Gasteiger partial charge is 0.317 e. The predicted octanol–water partition coefficient (Wildman–Crippen LogP) is 2.77. The van der Waals surface area contributed by atoms with E-state index in [0.717, 1.165) is 31.2 Å². The Bertz CT molecular complexity index is 832. The van der Waals surface area contributed by atoms with Crippen LogP contribution in [0.25, 0.3) is 0 Å². The number of hydrogen-bond donors (Lipinski definition) is 1. The fourth-order valence-corrected chi connectivity index (χ4v) is 4.75. The third-order valence-electron chi connectivity index (χ3n) is 6.33. The molecule has 0 atom stereocenters. The van der Waals surface area contributed by atoms with E-state index in [9.17, 15) is 14.9 Å². The van der Waals surface area contributed by atoms with Crippen molar-refractivity contribution < 1.29 is 23.8 Å². The maximum atomic E-state index is 13.1. The Balaban J connectivity index is 1.45. The second-order valence-electron chi connectivity index (χ2n) is 8.17. The van der Waals surface area contributed by atoms with E-state index in [1.165, 1.54) is 0 Å². The Morgan fingerprint density at radius 1 is 1.03 bits per heavy atom. The van der Waals surface area contributed by atoms with Crippen LogP contribution in [-0.4, -0.2) is 37.2 Å². The van der Waals surface area contributed by atoms with E-state index in [2.05, 4.69) is 11.4 Å². The lowest BCUT2D eigenvalue weighted by molar-refractivity contribution is -0.154. The van der Waals surface area contributed by atoms with Crippen molar-refractivity contribution >= 4 is 11.9 Å². The summed E-state index contributed by atoms with van der Waals surface area (Å²) in [4.78, 5) is 25.4. The van der Waals surface area contributed by atoms with Crippen molar-refractivity contribution in [2.75, 3.05) is 19.8 Å². The van der Waals surface area contributed by atoms with Gasteiger partial charge in [-0.1, -0.05) is 18.9 Å². The van der Waals surface area contributed by atoms with Gasteiger partial charge in [-0.15, -0.1) is 0 Å². The molecule has 0 bridgehead atoms. The lowest BCUT2D eigenvalue weighted by atomic mass is 9.78. The number of esters is 1. The van der Waals surface area contributed by atoms with Gasteiger partial charge in [0, 0.05) is 0 Å². The van der Waals surface area contributed by atoms with Gasteiger partial charge in [-0.3, -0.25) is 9.59 Å². The van der Waals surface area contributed by atoms with Gasteiger partial charge in [0.05, 0.1) is 11.5 Å². The molecule has 0 radical (unpaired) electrons. The molecule has 0 unspecified atom stereocenters. The summed E-state index contributed by atoms with van der Waals surface area (Å²) in [6.07, 6.45) is 6.32. The molecule has 1 aromatic carbocycles. The summed E-state index contributed by atoms with van der Waals surface area (Å²) in [5.74, 6) is 0.512. The molecule has 4 rings (SSSR count). The maximum absolute atomic E-state index is 13.1. The van der Waals surface area contributed by atoms with Crippen molar-refractivity contribution in [2.45, 2.75) is 62.3 Å². The highest BCUT2D eigenvalue weighted by molar-refractivity contribution is 5.87. The van der Waals surface area contributed by atoms with Crippen molar-refractivity contribution in [1.29, 1.82) is 5.26 Å². The van der Waals surface area contributed by atoms with E-state index in [-0.39, 0.29) is 12.6 Å². The van der Waals surface area contributed by atoms with Crippen LogP contribution in [0.15, 0.2) is 18.2 Å². The highest BCUT2D eigenvalue weighted by Gasteiger charge is 2.45. The van der Waals surface area contributed by atoms with Crippen molar-refractivity contribution in [2.24, 2.45) is 0 Å². The standard InChI is InChI=1S/C22H26N2O5/c23-15-21(7-1-2-8-21)24-19(25)14-29-20(26)22(9-3-4-10-22)16-5-6-17-18(13-16)28-12-11-27-17/h5-6,13H,1-4,7-12,14H2,(H,24,25). The number of rotatable bonds is 5. The first-order valence-electron chi connectivity index (χ1n) is 10.4. The molecule has 7 nitrogen and oxygen atoms in total. The van der Waals surface area contributed by atoms with Gasteiger partial charge in [0.1, 0.15) is 18.8 Å². The molecule has 1 heterocycles. The van der Waals surface area contributed by atoms with Gasteiger partial charge in [-0.2, -0.15) is 5.26 Å². The lowest BCUT2D eigenvalue weighted by Crippen LogP contribution is -2.47. The first-order valence-corrected chi connectivity index (χ1v) is 10.4. The molecule has 2 fully saturated rings. The highest BCUT2D eigenvalue weighted by atomic mass is 16.6. The first-order chi connectivity index (χ1) is 14.1. The summed E-state index contributed by atoms with van der Waals surface area (Å²) in [6.45, 7) is 0.627. The second-order valence-corrected chi connectivity index (χ2v) is 8.17. The molecule has 1 aromatic rings. The Hall–Kier alpha value is -2.75. The number of nitrogens with one attached hydrogen (secondary N) is 1. The number of carbonyl (C=O) groups excluding carboxylic acids is 2. The Kier molecular flexibility index (Phi) is 5.35. The number of ether oxygens (including phenoxy) is 3. The molecule has 29 heavy (non-hydrogen) atoms. The maximum Gasteiger partial charge on any atom is 0.317 e. The van der Waals surface area contributed by atoms with Crippen LogP contribution in [0.1, 0.15) is 56.9 Å². The summed E-state index contributed by atoms with van der Waals surface area (Å²) in [5.41, 5.74) is -0.741. The van der Waals surface area contributed by atoms with Gasteiger partial charge in [0.25, 0.3) is 5.91 Å². The van der Waals surface area contributed by atoms with E-state index in [1.807, 2.05) is 18.2 Å². The summed E-state index contributed by atoms with van der Waals surface area (Å²) >= 11 is 0. The summed E-state index contributed by atoms with van der Waals surface area (Å²) < 4.78 is 16.7. The number of nitrogens with zero attached hydrogens (tertiary/aromatic N) is 1. The van der Waals surface area contributed by atoms with E-state index >= 15 is 0 Å². The third kappa shape index (κ3) is 3.76. The minimum Gasteiger partial charge on any atom is -0.486 e. The number of hydrogen-bond acceptors (Lipinski definition) is 6. The molecule has 154 valence electrons. The van der Waals surface area contributed by atoms with Crippen LogP contribution in [-0.2, 0) is 19.7 Å². The summed E-state index contributed by atoms with van der Waals surface area (Å²) in [6, 6.07) is 7.81. The van der Waals surface area contributed by atoms with Crippen molar-refractivity contribution in [1.82, 2.24) is 5.32 Å². The SMILES string of the molecule is N#CC1(NC(=O)COC(=O)C2(c3ccc4c(c3)OCCO4)CCCC2)CCCC1. The van der Waals surface area contributed by atoms with Gasteiger partial charge in [0.2, 0.25) is 0 Å². The molecule has 1 amide bonds. The summed E-state index contributed by atoms with van der Waals surface area (Å²) in [5, 5.41) is 12.2. The fourth-order valence-electron chi connectivity index (χ4n) is 4.75. The lowest BCUT2D eigenvalue weighted by Gasteiger charge is -2.29. The zero-order valence-corrected chi connectivity index (χ0v) is 16.5. The molecule has 3 aliphatic rings. The van der Waals surface area contributed by atoms with Gasteiger partial charge < -0.3 is 19.5 Å². The minimum absolute atomic E-state index is 0.367. The first kappa shape index (κ1) is 19.6. The quantitative estimate of drug-likeness (QED) is 0.766. The number of nitriles is 1. The molecule has 2 aliphatic carbocycles. The normalized spacial score (nSPS) is 21.2. The molecule has 2 saturated carbocycles. The van der Waals surface area contributed by atoms with E-state index < -0.39 is 16.9 Å². The van der Waals surface area contributed by atoms with Crippen LogP contribution in [0.2, 0.25) is 0 Å². The van der Waals surface area contributed by atoms with Crippen LogP contribution in [0.4, 0.5) is 0 Å². The van der Waals surface area contributed by atoms with Crippen molar-refractivity contribution in [3.63, 3.8) is 0 Å². The molecule has 1 aliphatic heterocycles. The zero-order chi connectivity index (χ0) is 20.3. The molecule has 0 aromatic heterocycles. The monoisotopic (exact) mass is 398 g/mol.